The lowest BCUT2D eigenvalue weighted by molar-refractivity contribution is -0.139. The lowest BCUT2D eigenvalue weighted by Gasteiger charge is -2.48. The number of methoxy groups -OCH3 is 1. The normalized spacial score (nSPS) is 22.5. The van der Waals surface area contributed by atoms with E-state index >= 15 is 0 Å². The lowest BCUT2D eigenvalue weighted by atomic mass is 9.73. The summed E-state index contributed by atoms with van der Waals surface area (Å²) in [5.41, 5.74) is 1.03. The Labute approximate surface area is 164 Å². The van der Waals surface area contributed by atoms with Crippen molar-refractivity contribution in [3.8, 4) is 5.95 Å². The first-order valence-electron chi connectivity index (χ1n) is 9.68. The maximum Gasteiger partial charge on any atom is 0.289 e. The summed E-state index contributed by atoms with van der Waals surface area (Å²) in [4.78, 5) is 33.2. The third kappa shape index (κ3) is 3.74. The van der Waals surface area contributed by atoms with Crippen LogP contribution in [0, 0.1) is 5.41 Å². The van der Waals surface area contributed by atoms with Gasteiger partial charge in [-0.3, -0.25) is 14.6 Å². The number of furan rings is 1. The average molecular weight is 383 g/mol. The first-order chi connectivity index (χ1) is 13.6. The summed E-state index contributed by atoms with van der Waals surface area (Å²) in [6, 6.07) is 7.19. The molecule has 1 atom stereocenters. The molecule has 7 heteroatoms. The highest BCUT2D eigenvalue weighted by molar-refractivity contribution is 5.91. The highest BCUT2D eigenvalue weighted by Crippen LogP contribution is 2.39. The van der Waals surface area contributed by atoms with E-state index in [4.69, 9.17) is 9.15 Å². The van der Waals surface area contributed by atoms with Crippen LogP contribution in [0.1, 0.15) is 41.8 Å². The molecule has 2 amide bonds. The fraction of sp³-hybridized carbons (Fsp3) is 0.476. The molecule has 0 aliphatic carbocycles. The molecule has 4 heterocycles. The van der Waals surface area contributed by atoms with Crippen molar-refractivity contribution >= 4 is 11.8 Å². The summed E-state index contributed by atoms with van der Waals surface area (Å²) in [6.45, 7) is 2.63. The highest BCUT2D eigenvalue weighted by Gasteiger charge is 2.43. The van der Waals surface area contributed by atoms with Crippen molar-refractivity contribution in [1.29, 1.82) is 0 Å². The van der Waals surface area contributed by atoms with Crippen molar-refractivity contribution in [2.45, 2.75) is 32.2 Å². The van der Waals surface area contributed by atoms with Crippen LogP contribution in [0.25, 0.3) is 0 Å². The van der Waals surface area contributed by atoms with Gasteiger partial charge in [0.05, 0.1) is 7.11 Å². The molecule has 0 saturated carbocycles. The zero-order chi connectivity index (χ0) is 19.6. The van der Waals surface area contributed by atoms with Crippen molar-refractivity contribution in [2.24, 2.45) is 5.41 Å². The molecular formula is C21H25N3O4. The van der Waals surface area contributed by atoms with E-state index in [0.717, 1.165) is 24.8 Å². The Hall–Kier alpha value is -2.83. The summed E-state index contributed by atoms with van der Waals surface area (Å²) in [6.07, 6.45) is 6.81. The van der Waals surface area contributed by atoms with Crippen LogP contribution in [0.3, 0.4) is 0 Å². The number of hydrogen-bond acceptors (Lipinski definition) is 5. The van der Waals surface area contributed by atoms with Gasteiger partial charge in [0, 0.05) is 56.5 Å². The molecular weight excluding hydrogens is 358 g/mol. The zero-order valence-electron chi connectivity index (χ0n) is 16.1. The van der Waals surface area contributed by atoms with Gasteiger partial charge >= 0.3 is 0 Å². The van der Waals surface area contributed by atoms with Crippen LogP contribution in [0.2, 0.25) is 0 Å². The van der Waals surface area contributed by atoms with E-state index < -0.39 is 0 Å². The maximum atomic E-state index is 12.9. The Balaban J connectivity index is 1.47. The van der Waals surface area contributed by atoms with Crippen molar-refractivity contribution in [3.63, 3.8) is 0 Å². The number of amides is 2. The van der Waals surface area contributed by atoms with E-state index in [1.54, 1.807) is 24.5 Å². The lowest BCUT2D eigenvalue weighted by Crippen LogP contribution is -2.54. The van der Waals surface area contributed by atoms with Crippen LogP contribution >= 0.6 is 0 Å². The molecule has 2 aliphatic rings. The summed E-state index contributed by atoms with van der Waals surface area (Å²) >= 11 is 0. The molecule has 148 valence electrons. The predicted molar refractivity (Wildman–Crippen MR) is 102 cm³/mol. The molecule has 28 heavy (non-hydrogen) atoms. The molecule has 7 nitrogen and oxygen atoms in total. The van der Waals surface area contributed by atoms with Crippen LogP contribution in [0.4, 0.5) is 0 Å². The third-order valence-corrected chi connectivity index (χ3v) is 5.81. The first kappa shape index (κ1) is 18.5. The minimum Gasteiger partial charge on any atom is -0.468 e. The van der Waals surface area contributed by atoms with E-state index in [9.17, 15) is 9.59 Å². The molecule has 0 N–H and O–H groups in total. The van der Waals surface area contributed by atoms with Crippen LogP contribution in [0.15, 0.2) is 41.1 Å². The van der Waals surface area contributed by atoms with E-state index in [1.807, 2.05) is 21.9 Å². The molecule has 0 aromatic carbocycles. The quantitative estimate of drug-likeness (QED) is 0.811. The number of nitrogens with zero attached hydrogens (tertiary/aromatic N) is 3. The second kappa shape index (κ2) is 7.66. The first-order valence-corrected chi connectivity index (χ1v) is 9.68. The van der Waals surface area contributed by atoms with Gasteiger partial charge in [0.1, 0.15) is 0 Å². The highest BCUT2D eigenvalue weighted by atomic mass is 16.6. The summed E-state index contributed by atoms with van der Waals surface area (Å²) in [5, 5.41) is 0. The number of rotatable bonds is 4. The molecule has 2 aromatic heterocycles. The van der Waals surface area contributed by atoms with Crippen molar-refractivity contribution in [3.05, 3.63) is 48.0 Å². The molecule has 2 saturated heterocycles. The van der Waals surface area contributed by atoms with Gasteiger partial charge < -0.3 is 19.0 Å². The van der Waals surface area contributed by atoms with Gasteiger partial charge in [-0.15, -0.1) is 0 Å². The third-order valence-electron chi connectivity index (χ3n) is 5.81. The molecule has 1 spiro atoms. The molecule has 0 unspecified atom stereocenters. The smallest absolute Gasteiger partial charge is 0.289 e. The molecule has 2 aliphatic heterocycles. The Bertz CT molecular complexity index is 850. The van der Waals surface area contributed by atoms with Gasteiger partial charge in [0.15, 0.2) is 5.76 Å². The summed E-state index contributed by atoms with van der Waals surface area (Å²) in [5.74, 6) is 0.706. The Kier molecular flexibility index (Phi) is 5.07. The summed E-state index contributed by atoms with van der Waals surface area (Å²) < 4.78 is 10.5. The van der Waals surface area contributed by atoms with Crippen LogP contribution in [-0.2, 0) is 11.3 Å². The fourth-order valence-electron chi connectivity index (χ4n) is 4.37. The average Bonchev–Trinajstić information content (AvgIpc) is 3.21. The topological polar surface area (TPSA) is 75.9 Å². The van der Waals surface area contributed by atoms with Crippen molar-refractivity contribution in [2.75, 3.05) is 26.7 Å². The number of likely N-dealkylation sites (tertiary alicyclic amines) is 2. The SMILES string of the molecule is COc1ccc(C(=O)N2CCC[C@@]3(CCC(=O)N(Cc4ccncc4)C3)C2)o1. The standard InChI is InChI=1S/C21H25N3O4/c1-27-19-4-3-17(28-19)20(26)23-12-2-8-21(14-23)9-5-18(25)24(15-21)13-16-6-10-22-11-7-16/h3-4,6-7,10-11H,2,5,8-9,12-15H2,1H3/t21-/m1/s1. The molecule has 2 fully saturated rings. The minimum atomic E-state index is -0.111. The largest absolute Gasteiger partial charge is 0.468 e. The van der Waals surface area contributed by atoms with Crippen LogP contribution < -0.4 is 4.74 Å². The predicted octanol–water partition coefficient (Wildman–Crippen LogP) is 2.73. The second-order valence-electron chi connectivity index (χ2n) is 7.76. The van der Waals surface area contributed by atoms with Crippen LogP contribution in [-0.4, -0.2) is 53.3 Å². The van der Waals surface area contributed by atoms with Gasteiger partial charge in [-0.2, -0.15) is 0 Å². The van der Waals surface area contributed by atoms with E-state index in [2.05, 4.69) is 4.98 Å². The van der Waals surface area contributed by atoms with Gasteiger partial charge in [0.2, 0.25) is 5.91 Å². The molecule has 0 radical (unpaired) electrons. The number of pyridine rings is 1. The van der Waals surface area contributed by atoms with Gasteiger partial charge in [-0.1, -0.05) is 0 Å². The van der Waals surface area contributed by atoms with Crippen molar-refractivity contribution in [1.82, 2.24) is 14.8 Å². The molecule has 0 bridgehead atoms. The number of carbonyl (C=O) groups is 2. The van der Waals surface area contributed by atoms with E-state index in [-0.39, 0.29) is 17.2 Å². The zero-order valence-corrected chi connectivity index (χ0v) is 16.1. The fourth-order valence-corrected chi connectivity index (χ4v) is 4.37. The minimum absolute atomic E-state index is 0.0501. The van der Waals surface area contributed by atoms with E-state index in [0.29, 0.717) is 44.3 Å². The molecule has 2 aromatic rings. The van der Waals surface area contributed by atoms with E-state index in [1.165, 1.54) is 7.11 Å². The second-order valence-corrected chi connectivity index (χ2v) is 7.76. The number of hydrogen-bond donors (Lipinski definition) is 0. The Morgan fingerprint density at radius 3 is 2.79 bits per heavy atom. The number of ether oxygens (including phenoxy) is 1. The Morgan fingerprint density at radius 2 is 2.04 bits per heavy atom. The van der Waals surface area contributed by atoms with Gasteiger partial charge in [0.25, 0.3) is 11.9 Å². The Morgan fingerprint density at radius 1 is 1.21 bits per heavy atom. The number of piperidine rings is 2. The van der Waals surface area contributed by atoms with Crippen molar-refractivity contribution < 1.29 is 18.7 Å². The number of carbonyl (C=O) groups excluding carboxylic acids is 2. The van der Waals surface area contributed by atoms with Crippen LogP contribution in [0.5, 0.6) is 5.95 Å². The van der Waals surface area contributed by atoms with Gasteiger partial charge in [-0.25, -0.2) is 0 Å². The summed E-state index contributed by atoms with van der Waals surface area (Å²) in [7, 11) is 1.51. The monoisotopic (exact) mass is 383 g/mol. The number of aromatic nitrogens is 1. The maximum absolute atomic E-state index is 12.9. The van der Waals surface area contributed by atoms with Gasteiger partial charge in [-0.05, 0) is 43.0 Å². The molecule has 4 rings (SSSR count).